The second-order valence-corrected chi connectivity index (χ2v) is 9.57. The maximum atomic E-state index is 4.97. The van der Waals surface area contributed by atoms with E-state index >= 15 is 0 Å². The molecule has 0 aliphatic rings. The molecule has 188 valence electrons. The van der Waals surface area contributed by atoms with Crippen molar-refractivity contribution in [3.63, 3.8) is 0 Å². The first-order valence-electron chi connectivity index (χ1n) is 13.2. The number of fused-ring (bicyclic) bond motifs is 1. The van der Waals surface area contributed by atoms with Gasteiger partial charge in [-0.25, -0.2) is 15.0 Å². The Morgan fingerprint density at radius 1 is 0.375 bits per heavy atom. The average molecular weight is 513 g/mol. The number of hydrogen-bond acceptors (Lipinski definition) is 4. The van der Waals surface area contributed by atoms with Crippen LogP contribution in [0.2, 0.25) is 0 Å². The van der Waals surface area contributed by atoms with Crippen molar-refractivity contribution in [1.82, 2.24) is 19.9 Å². The van der Waals surface area contributed by atoms with Crippen LogP contribution < -0.4 is 0 Å². The summed E-state index contributed by atoms with van der Waals surface area (Å²) in [4.78, 5) is 19.3. The second-order valence-electron chi connectivity index (χ2n) is 9.57. The molecule has 0 unspecified atom stereocenters. The average Bonchev–Trinajstić information content (AvgIpc) is 3.05. The minimum Gasteiger partial charge on any atom is -0.256 e. The molecule has 0 aliphatic heterocycles. The SMILES string of the molecule is c1ccc(-c2nc(-c3ccccc3)nc(-c3cccc4ccc(-c5ccc(-c6ccccn6)cc5)cc34)n2)cc1. The van der Waals surface area contributed by atoms with Gasteiger partial charge in [0.1, 0.15) is 0 Å². The van der Waals surface area contributed by atoms with Crippen LogP contribution in [0.15, 0.2) is 146 Å². The maximum absolute atomic E-state index is 4.97. The first-order chi connectivity index (χ1) is 19.8. The van der Waals surface area contributed by atoms with Gasteiger partial charge in [0, 0.05) is 28.5 Å². The summed E-state index contributed by atoms with van der Waals surface area (Å²) in [6.45, 7) is 0. The van der Waals surface area contributed by atoms with E-state index in [-0.39, 0.29) is 0 Å². The van der Waals surface area contributed by atoms with E-state index in [0.717, 1.165) is 49.8 Å². The van der Waals surface area contributed by atoms with Crippen LogP contribution in [0.1, 0.15) is 0 Å². The van der Waals surface area contributed by atoms with Crippen LogP contribution in [0.4, 0.5) is 0 Å². The molecule has 4 heteroatoms. The van der Waals surface area contributed by atoms with Crippen molar-refractivity contribution in [2.45, 2.75) is 0 Å². The Bertz CT molecular complexity index is 1860. The molecule has 7 aromatic rings. The Morgan fingerprint density at radius 3 is 1.62 bits per heavy atom. The molecular formula is C36H24N4. The van der Waals surface area contributed by atoms with Gasteiger partial charge in [0.15, 0.2) is 17.5 Å². The Balaban J connectivity index is 1.36. The summed E-state index contributed by atoms with van der Waals surface area (Å²) >= 11 is 0. The quantitative estimate of drug-likeness (QED) is 0.231. The second kappa shape index (κ2) is 10.4. The fourth-order valence-electron chi connectivity index (χ4n) is 4.94. The number of aromatic nitrogens is 4. The van der Waals surface area contributed by atoms with Crippen molar-refractivity contribution in [1.29, 1.82) is 0 Å². The highest BCUT2D eigenvalue weighted by Crippen LogP contribution is 2.33. The molecule has 0 bridgehead atoms. The number of hydrogen-bond donors (Lipinski definition) is 0. The van der Waals surface area contributed by atoms with Crippen LogP contribution in [0, 0.1) is 0 Å². The van der Waals surface area contributed by atoms with Crippen LogP contribution in [0.3, 0.4) is 0 Å². The highest BCUT2D eigenvalue weighted by atomic mass is 15.0. The minimum absolute atomic E-state index is 0.654. The number of rotatable bonds is 5. The monoisotopic (exact) mass is 512 g/mol. The largest absolute Gasteiger partial charge is 0.256 e. The van der Waals surface area contributed by atoms with E-state index < -0.39 is 0 Å². The normalized spacial score (nSPS) is 11.0. The topological polar surface area (TPSA) is 51.6 Å². The van der Waals surface area contributed by atoms with Gasteiger partial charge in [-0.05, 0) is 40.1 Å². The zero-order valence-electron chi connectivity index (χ0n) is 21.6. The third-order valence-corrected chi connectivity index (χ3v) is 7.00. The van der Waals surface area contributed by atoms with Gasteiger partial charge in [-0.3, -0.25) is 4.98 Å². The van der Waals surface area contributed by atoms with E-state index in [1.165, 1.54) is 0 Å². The summed E-state index contributed by atoms with van der Waals surface area (Å²) in [7, 11) is 0. The van der Waals surface area contributed by atoms with Crippen LogP contribution >= 0.6 is 0 Å². The summed E-state index contributed by atoms with van der Waals surface area (Å²) in [5.74, 6) is 1.96. The highest BCUT2D eigenvalue weighted by Gasteiger charge is 2.14. The zero-order valence-corrected chi connectivity index (χ0v) is 21.6. The molecule has 0 amide bonds. The summed E-state index contributed by atoms with van der Waals surface area (Å²) in [6.07, 6.45) is 1.82. The number of nitrogens with zero attached hydrogens (tertiary/aromatic N) is 4. The van der Waals surface area contributed by atoms with Gasteiger partial charge in [0.25, 0.3) is 0 Å². The first-order valence-corrected chi connectivity index (χ1v) is 13.2. The molecule has 0 saturated heterocycles. The number of benzene rings is 5. The lowest BCUT2D eigenvalue weighted by Crippen LogP contribution is -2.00. The molecule has 2 aromatic heterocycles. The molecule has 0 atom stereocenters. The summed E-state index contributed by atoms with van der Waals surface area (Å²) < 4.78 is 0. The van der Waals surface area contributed by atoms with Crippen molar-refractivity contribution in [2.24, 2.45) is 0 Å². The molecule has 2 heterocycles. The lowest BCUT2D eigenvalue weighted by Gasteiger charge is -2.11. The van der Waals surface area contributed by atoms with Gasteiger partial charge >= 0.3 is 0 Å². The molecule has 4 nitrogen and oxygen atoms in total. The molecule has 0 aliphatic carbocycles. The van der Waals surface area contributed by atoms with Crippen LogP contribution in [0.25, 0.3) is 67.3 Å². The molecular weight excluding hydrogens is 488 g/mol. The Morgan fingerprint density at radius 2 is 0.975 bits per heavy atom. The maximum Gasteiger partial charge on any atom is 0.164 e. The van der Waals surface area contributed by atoms with E-state index in [4.69, 9.17) is 15.0 Å². The van der Waals surface area contributed by atoms with Gasteiger partial charge in [-0.2, -0.15) is 0 Å². The van der Waals surface area contributed by atoms with Crippen LogP contribution in [0.5, 0.6) is 0 Å². The minimum atomic E-state index is 0.654. The molecule has 0 fully saturated rings. The van der Waals surface area contributed by atoms with Gasteiger partial charge < -0.3 is 0 Å². The van der Waals surface area contributed by atoms with E-state index in [0.29, 0.717) is 17.5 Å². The van der Waals surface area contributed by atoms with Gasteiger partial charge in [-0.15, -0.1) is 0 Å². The van der Waals surface area contributed by atoms with Crippen molar-refractivity contribution >= 4 is 10.8 Å². The third-order valence-electron chi connectivity index (χ3n) is 7.00. The smallest absolute Gasteiger partial charge is 0.164 e. The molecule has 0 radical (unpaired) electrons. The van der Waals surface area contributed by atoms with E-state index in [2.05, 4.69) is 65.6 Å². The van der Waals surface area contributed by atoms with E-state index in [1.807, 2.05) is 85.1 Å². The van der Waals surface area contributed by atoms with Crippen molar-refractivity contribution < 1.29 is 0 Å². The Kier molecular flexibility index (Phi) is 6.11. The Labute approximate surface area is 232 Å². The van der Waals surface area contributed by atoms with Crippen LogP contribution in [-0.4, -0.2) is 19.9 Å². The van der Waals surface area contributed by atoms with Crippen molar-refractivity contribution in [3.05, 3.63) is 146 Å². The van der Waals surface area contributed by atoms with Gasteiger partial charge in [0.2, 0.25) is 0 Å². The zero-order chi connectivity index (χ0) is 26.7. The molecule has 0 saturated carbocycles. The molecule has 0 spiro atoms. The summed E-state index contributed by atoms with van der Waals surface area (Å²) in [5.41, 5.74) is 7.22. The Hall–Kier alpha value is -5.48. The summed E-state index contributed by atoms with van der Waals surface area (Å²) in [5, 5.41) is 2.23. The molecule has 40 heavy (non-hydrogen) atoms. The fourth-order valence-corrected chi connectivity index (χ4v) is 4.94. The van der Waals surface area contributed by atoms with E-state index in [1.54, 1.807) is 0 Å². The van der Waals surface area contributed by atoms with E-state index in [9.17, 15) is 0 Å². The van der Waals surface area contributed by atoms with Crippen molar-refractivity contribution in [2.75, 3.05) is 0 Å². The highest BCUT2D eigenvalue weighted by molar-refractivity contribution is 5.98. The van der Waals surface area contributed by atoms with Gasteiger partial charge in [0.05, 0.1) is 5.69 Å². The lowest BCUT2D eigenvalue weighted by molar-refractivity contribution is 1.08. The molecule has 7 rings (SSSR count). The molecule has 5 aromatic carbocycles. The third kappa shape index (κ3) is 4.63. The van der Waals surface area contributed by atoms with Crippen molar-refractivity contribution in [3.8, 4) is 56.5 Å². The summed E-state index contributed by atoms with van der Waals surface area (Å²) in [6, 6.07) is 47.5. The van der Waals surface area contributed by atoms with Crippen LogP contribution in [-0.2, 0) is 0 Å². The number of pyridine rings is 1. The fraction of sp³-hybridized carbons (Fsp3) is 0. The standard InChI is InChI=1S/C36H24N4/c1-3-10-28(11-4-1)34-38-35(29-12-5-2-6-13-29)40-36(39-34)31-15-9-14-26-19-22-30(24-32(26)31)25-17-20-27(21-18-25)33-16-7-8-23-37-33/h1-24H. The predicted octanol–water partition coefficient (Wildman–Crippen LogP) is 8.75. The van der Waals surface area contributed by atoms with Gasteiger partial charge in [-0.1, -0.05) is 121 Å². The first kappa shape index (κ1) is 23.6. The predicted molar refractivity (Wildman–Crippen MR) is 162 cm³/mol. The lowest BCUT2D eigenvalue weighted by atomic mass is 9.97. The molecule has 0 N–H and O–H groups in total.